The molecule has 1 aliphatic rings. The third-order valence-corrected chi connectivity index (χ3v) is 4.45. The van der Waals surface area contributed by atoms with Crippen LogP contribution in [0.5, 0.6) is 5.75 Å². The molecule has 0 saturated carbocycles. The summed E-state index contributed by atoms with van der Waals surface area (Å²) in [6, 6.07) is 5.50. The normalized spacial score (nSPS) is 21.4. The summed E-state index contributed by atoms with van der Waals surface area (Å²) in [5.74, 6) is 1.22. The number of rotatable bonds is 5. The van der Waals surface area contributed by atoms with E-state index in [0.717, 1.165) is 19.4 Å². The topological polar surface area (TPSA) is 67.6 Å². The minimum absolute atomic E-state index is 0. The summed E-state index contributed by atoms with van der Waals surface area (Å²) in [6.07, 6.45) is 2.16. The molecule has 2 unspecified atom stereocenters. The molecular weight excluding hydrogens is 337 g/mol. The van der Waals surface area contributed by atoms with E-state index >= 15 is 0 Å². The monoisotopic (exact) mass is 361 g/mol. The predicted octanol–water partition coefficient (Wildman–Crippen LogP) is 2.77. The summed E-state index contributed by atoms with van der Waals surface area (Å²) < 4.78 is 5.10. The zero-order valence-corrected chi connectivity index (χ0v) is 15.1. The van der Waals surface area contributed by atoms with E-state index in [4.69, 9.17) is 22.1 Å². The maximum Gasteiger partial charge on any atom is 0.238 e. The molecule has 1 aromatic carbocycles. The van der Waals surface area contributed by atoms with Crippen molar-refractivity contribution >= 4 is 35.6 Å². The highest BCUT2D eigenvalue weighted by molar-refractivity contribution is 6.32. The van der Waals surface area contributed by atoms with Crippen LogP contribution in [0.2, 0.25) is 5.02 Å². The van der Waals surface area contributed by atoms with Gasteiger partial charge in [-0.2, -0.15) is 0 Å². The number of carbonyl (C=O) groups excluding carboxylic acids is 1. The number of nitrogens with two attached hydrogens (primary N) is 1. The van der Waals surface area contributed by atoms with Gasteiger partial charge >= 0.3 is 0 Å². The average Bonchev–Trinajstić information content (AvgIpc) is 2.49. The van der Waals surface area contributed by atoms with Crippen LogP contribution in [0.15, 0.2) is 18.2 Å². The van der Waals surface area contributed by atoms with Crippen molar-refractivity contribution in [1.29, 1.82) is 0 Å². The Bertz CT molecular complexity index is 528. The zero-order chi connectivity index (χ0) is 16.1. The Morgan fingerprint density at radius 1 is 1.52 bits per heavy atom. The molecule has 0 spiro atoms. The molecule has 0 aromatic heterocycles. The van der Waals surface area contributed by atoms with Crippen LogP contribution in [-0.4, -0.2) is 43.6 Å². The number of anilines is 1. The lowest BCUT2D eigenvalue weighted by atomic mass is 9.92. The largest absolute Gasteiger partial charge is 0.495 e. The third-order valence-electron chi connectivity index (χ3n) is 4.15. The fourth-order valence-corrected chi connectivity index (χ4v) is 3.14. The highest BCUT2D eigenvalue weighted by atomic mass is 35.5. The lowest BCUT2D eigenvalue weighted by Crippen LogP contribution is -2.49. The predicted molar refractivity (Wildman–Crippen MR) is 96.7 cm³/mol. The van der Waals surface area contributed by atoms with Gasteiger partial charge in [0.2, 0.25) is 5.91 Å². The number of benzene rings is 1. The summed E-state index contributed by atoms with van der Waals surface area (Å²) in [7, 11) is 1.56. The summed E-state index contributed by atoms with van der Waals surface area (Å²) in [5.41, 5.74) is 6.50. The number of amides is 1. The molecule has 2 atom stereocenters. The number of nitrogens with zero attached hydrogens (tertiary/aromatic N) is 1. The molecule has 1 heterocycles. The van der Waals surface area contributed by atoms with Crippen molar-refractivity contribution in [2.45, 2.75) is 25.8 Å². The standard InChI is InChI=1S/C16H24ClN3O2.ClH/c1-11-5-6-20(13(7-11)9-18)10-16(21)19-12-3-4-15(22-2)14(17)8-12;/h3-4,8,11,13H,5-7,9-10,18H2,1-2H3,(H,19,21);1H. The summed E-state index contributed by atoms with van der Waals surface area (Å²) in [4.78, 5) is 14.4. The number of piperidine rings is 1. The van der Waals surface area contributed by atoms with Crippen LogP contribution in [0.1, 0.15) is 19.8 Å². The lowest BCUT2D eigenvalue weighted by Gasteiger charge is -2.37. The quantitative estimate of drug-likeness (QED) is 0.845. The van der Waals surface area contributed by atoms with Gasteiger partial charge < -0.3 is 15.8 Å². The Kier molecular flexibility index (Phi) is 8.12. The van der Waals surface area contributed by atoms with Crippen LogP contribution >= 0.6 is 24.0 Å². The maximum absolute atomic E-state index is 12.2. The van der Waals surface area contributed by atoms with Crippen molar-refractivity contribution in [3.63, 3.8) is 0 Å². The second-order valence-corrected chi connectivity index (χ2v) is 6.29. The number of nitrogens with one attached hydrogen (secondary N) is 1. The highest BCUT2D eigenvalue weighted by Crippen LogP contribution is 2.27. The molecule has 0 aliphatic carbocycles. The average molecular weight is 362 g/mol. The fourth-order valence-electron chi connectivity index (χ4n) is 2.88. The molecule has 1 aliphatic heterocycles. The van der Waals surface area contributed by atoms with Crippen LogP contribution in [0.3, 0.4) is 0 Å². The number of ether oxygens (including phenoxy) is 1. The third kappa shape index (κ3) is 5.53. The summed E-state index contributed by atoms with van der Waals surface area (Å²) in [5, 5.41) is 3.35. The van der Waals surface area contributed by atoms with E-state index in [2.05, 4.69) is 17.1 Å². The first-order valence-corrected chi connectivity index (χ1v) is 7.98. The second-order valence-electron chi connectivity index (χ2n) is 5.89. The Hall–Kier alpha value is -1.01. The van der Waals surface area contributed by atoms with E-state index in [1.807, 2.05) is 0 Å². The Labute approximate surface area is 148 Å². The number of hydrogen-bond acceptors (Lipinski definition) is 4. The second kappa shape index (κ2) is 9.33. The first-order valence-electron chi connectivity index (χ1n) is 7.61. The van der Waals surface area contributed by atoms with Crippen molar-refractivity contribution in [1.82, 2.24) is 4.90 Å². The van der Waals surface area contributed by atoms with Crippen molar-refractivity contribution in [3.8, 4) is 5.75 Å². The van der Waals surface area contributed by atoms with Gasteiger partial charge in [0.05, 0.1) is 18.7 Å². The molecule has 2 rings (SSSR count). The molecule has 3 N–H and O–H groups in total. The van der Waals surface area contributed by atoms with E-state index in [0.29, 0.717) is 35.5 Å². The number of likely N-dealkylation sites (tertiary alicyclic amines) is 1. The van der Waals surface area contributed by atoms with Gasteiger partial charge in [-0.3, -0.25) is 9.69 Å². The van der Waals surface area contributed by atoms with E-state index in [-0.39, 0.29) is 24.4 Å². The molecule has 0 radical (unpaired) electrons. The first-order chi connectivity index (χ1) is 10.5. The van der Waals surface area contributed by atoms with Gasteiger partial charge in [-0.25, -0.2) is 0 Å². The number of hydrogen-bond donors (Lipinski definition) is 2. The molecule has 7 heteroatoms. The molecule has 130 valence electrons. The zero-order valence-electron chi connectivity index (χ0n) is 13.5. The van der Waals surface area contributed by atoms with Crippen LogP contribution in [0, 0.1) is 5.92 Å². The van der Waals surface area contributed by atoms with Gasteiger partial charge in [-0.15, -0.1) is 12.4 Å². The van der Waals surface area contributed by atoms with Crippen LogP contribution < -0.4 is 15.8 Å². The SMILES string of the molecule is COc1ccc(NC(=O)CN2CCC(C)CC2CN)cc1Cl.Cl. The molecular formula is C16H25Cl2N3O2. The maximum atomic E-state index is 12.2. The molecule has 1 saturated heterocycles. The van der Waals surface area contributed by atoms with Gasteiger partial charge in [-0.1, -0.05) is 18.5 Å². The van der Waals surface area contributed by atoms with Crippen LogP contribution in [-0.2, 0) is 4.79 Å². The lowest BCUT2D eigenvalue weighted by molar-refractivity contribution is -0.118. The Morgan fingerprint density at radius 2 is 2.26 bits per heavy atom. The smallest absolute Gasteiger partial charge is 0.238 e. The van der Waals surface area contributed by atoms with Gasteiger partial charge in [-0.05, 0) is 43.5 Å². The van der Waals surface area contributed by atoms with Crippen molar-refractivity contribution < 1.29 is 9.53 Å². The first kappa shape index (κ1) is 20.0. The van der Waals surface area contributed by atoms with E-state index < -0.39 is 0 Å². The molecule has 1 amide bonds. The number of methoxy groups -OCH3 is 1. The van der Waals surface area contributed by atoms with Gasteiger partial charge in [0.25, 0.3) is 0 Å². The summed E-state index contributed by atoms with van der Waals surface area (Å²) in [6.45, 7) is 4.10. The van der Waals surface area contributed by atoms with E-state index in [1.165, 1.54) is 0 Å². The van der Waals surface area contributed by atoms with Crippen molar-refractivity contribution in [3.05, 3.63) is 23.2 Å². The van der Waals surface area contributed by atoms with Gasteiger partial charge in [0.1, 0.15) is 5.75 Å². The van der Waals surface area contributed by atoms with E-state index in [1.54, 1.807) is 25.3 Å². The highest BCUT2D eigenvalue weighted by Gasteiger charge is 2.26. The molecule has 23 heavy (non-hydrogen) atoms. The molecule has 1 aromatic rings. The Balaban J connectivity index is 0.00000264. The number of carbonyl (C=O) groups is 1. The summed E-state index contributed by atoms with van der Waals surface area (Å²) >= 11 is 6.06. The molecule has 1 fully saturated rings. The van der Waals surface area contributed by atoms with E-state index in [9.17, 15) is 4.79 Å². The number of halogens is 2. The fraction of sp³-hybridized carbons (Fsp3) is 0.562. The van der Waals surface area contributed by atoms with Gasteiger partial charge in [0.15, 0.2) is 0 Å². The molecule has 0 bridgehead atoms. The molecule has 5 nitrogen and oxygen atoms in total. The van der Waals surface area contributed by atoms with Crippen LogP contribution in [0.4, 0.5) is 5.69 Å². The minimum atomic E-state index is -0.0470. The minimum Gasteiger partial charge on any atom is -0.495 e. The van der Waals surface area contributed by atoms with Crippen molar-refractivity contribution in [2.75, 3.05) is 32.1 Å². The van der Waals surface area contributed by atoms with Gasteiger partial charge in [0, 0.05) is 18.3 Å². The Morgan fingerprint density at radius 3 is 2.87 bits per heavy atom. The van der Waals surface area contributed by atoms with Crippen molar-refractivity contribution in [2.24, 2.45) is 11.7 Å². The van der Waals surface area contributed by atoms with Crippen LogP contribution in [0.25, 0.3) is 0 Å².